The number of alkyl halides is 1. The van der Waals surface area contributed by atoms with E-state index in [0.717, 1.165) is 48.2 Å². The van der Waals surface area contributed by atoms with Gasteiger partial charge in [0, 0.05) is 55.0 Å². The molecule has 208 valence electrons. The van der Waals surface area contributed by atoms with Crippen LogP contribution in [0.1, 0.15) is 16.7 Å². The highest BCUT2D eigenvalue weighted by Gasteiger charge is 2.08. The fourth-order valence-corrected chi connectivity index (χ4v) is 5.51. The van der Waals surface area contributed by atoms with Gasteiger partial charge in [0.15, 0.2) is 17.1 Å². The lowest BCUT2D eigenvalue weighted by atomic mass is 10.2. The monoisotopic (exact) mass is 750 g/mol. The summed E-state index contributed by atoms with van der Waals surface area (Å²) in [6.07, 6.45) is 3.90. The maximum atomic E-state index is 8.44. The van der Waals surface area contributed by atoms with Crippen molar-refractivity contribution in [2.45, 2.75) is 11.9 Å². The van der Waals surface area contributed by atoms with Gasteiger partial charge in [-0.05, 0) is 79.4 Å². The zero-order valence-electron chi connectivity index (χ0n) is 22.5. The fourth-order valence-electron chi connectivity index (χ4n) is 4.13. The number of benzene rings is 4. The Kier molecular flexibility index (Phi) is 10.9. The maximum Gasteiger partial charge on any atom is 0.188 e. The fraction of sp³-hybridized carbons (Fsp3) is 0.0588. The summed E-state index contributed by atoms with van der Waals surface area (Å²) in [5.41, 5.74) is 7.15. The summed E-state index contributed by atoms with van der Waals surface area (Å²) in [5.74, 6) is 0. The Morgan fingerprint density at radius 3 is 1.91 bits per heavy atom. The SMILES string of the molecule is N#Cc1ccc(CBr)cc1.[C-]#[N+]c1ccc(Cn2cc(Br)c3cc([N+]#[C-])ccc32)cc1.[C-]#[N+]c1ccc2[nH]cc(Br)c2c1. The first-order valence-corrected chi connectivity index (χ1v) is 15.4. The number of hydrogen-bond donors (Lipinski definition) is 1. The molecule has 0 spiro atoms. The summed E-state index contributed by atoms with van der Waals surface area (Å²) < 4.78 is 4.13. The van der Waals surface area contributed by atoms with Crippen molar-refractivity contribution in [1.29, 1.82) is 5.26 Å². The zero-order valence-corrected chi connectivity index (χ0v) is 27.3. The van der Waals surface area contributed by atoms with Crippen LogP contribution in [0.5, 0.6) is 0 Å². The first-order valence-electron chi connectivity index (χ1n) is 12.7. The predicted molar refractivity (Wildman–Crippen MR) is 184 cm³/mol. The number of fused-ring (bicyclic) bond motifs is 2. The van der Waals surface area contributed by atoms with E-state index in [9.17, 15) is 0 Å². The normalized spacial score (nSPS) is 9.84. The molecule has 0 saturated heterocycles. The van der Waals surface area contributed by atoms with Crippen molar-refractivity contribution < 1.29 is 0 Å². The van der Waals surface area contributed by atoms with E-state index in [1.165, 1.54) is 5.56 Å². The third-order valence-corrected chi connectivity index (χ3v) is 8.28. The molecular weight excluding hydrogens is 732 g/mol. The van der Waals surface area contributed by atoms with E-state index < -0.39 is 0 Å². The molecule has 6 rings (SSSR count). The van der Waals surface area contributed by atoms with E-state index in [1.807, 2.05) is 91.3 Å². The maximum absolute atomic E-state index is 8.44. The molecular formula is C34H21Br3N6. The van der Waals surface area contributed by atoms with Gasteiger partial charge in [-0.2, -0.15) is 5.26 Å². The molecule has 43 heavy (non-hydrogen) atoms. The summed E-state index contributed by atoms with van der Waals surface area (Å²) in [6.45, 7) is 21.6. The number of hydrogen-bond acceptors (Lipinski definition) is 1. The predicted octanol–water partition coefficient (Wildman–Crippen LogP) is 11.5. The number of aromatic nitrogens is 2. The minimum Gasteiger partial charge on any atom is -0.360 e. The molecule has 9 heteroatoms. The smallest absolute Gasteiger partial charge is 0.188 e. The van der Waals surface area contributed by atoms with Crippen LogP contribution >= 0.6 is 47.8 Å². The third kappa shape index (κ3) is 8.01. The lowest BCUT2D eigenvalue weighted by Crippen LogP contribution is -1.97. The second-order valence-electron chi connectivity index (χ2n) is 9.12. The van der Waals surface area contributed by atoms with Crippen LogP contribution in [-0.2, 0) is 11.9 Å². The Balaban J connectivity index is 0.000000163. The highest BCUT2D eigenvalue weighted by molar-refractivity contribution is 9.11. The van der Waals surface area contributed by atoms with Crippen molar-refractivity contribution in [2.24, 2.45) is 0 Å². The van der Waals surface area contributed by atoms with Gasteiger partial charge < -0.3 is 9.55 Å². The molecule has 0 fully saturated rings. The Hall–Kier alpha value is -4.64. The second kappa shape index (κ2) is 15.0. The third-order valence-electron chi connectivity index (χ3n) is 6.34. The standard InChI is InChI=1S/C17H10BrN3.C9H5BrN2.C8H6BrN/c1-19-13-5-3-12(4-6-13)10-21-11-16(18)15-9-14(20-2)7-8-17(15)21;1-11-6-2-3-9-7(4-6)8(10)5-12-9;9-5-7-1-3-8(6-10)4-2-7/h3-9,11H,10H2;2-5,12H;1-4H,5H2. The number of nitrogens with zero attached hydrogens (tertiary/aromatic N) is 5. The minimum atomic E-state index is 0.641. The lowest BCUT2D eigenvalue weighted by molar-refractivity contribution is 0.835. The Labute approximate surface area is 275 Å². The van der Waals surface area contributed by atoms with E-state index in [2.05, 4.69) is 77.9 Å². The average Bonchev–Trinajstić information content (AvgIpc) is 3.59. The van der Waals surface area contributed by atoms with Crippen LogP contribution in [0, 0.1) is 31.0 Å². The molecule has 6 aromatic rings. The van der Waals surface area contributed by atoms with Crippen LogP contribution in [0.3, 0.4) is 0 Å². The Bertz CT molecular complexity index is 2050. The number of H-pyrrole nitrogens is 1. The molecule has 0 radical (unpaired) electrons. The van der Waals surface area contributed by atoms with E-state index in [0.29, 0.717) is 22.6 Å². The van der Waals surface area contributed by atoms with Gasteiger partial charge in [-0.15, -0.1) is 0 Å². The van der Waals surface area contributed by atoms with Gasteiger partial charge in [-0.3, -0.25) is 0 Å². The summed E-state index contributed by atoms with van der Waals surface area (Å²) >= 11 is 10.3. The zero-order chi connectivity index (χ0) is 30.8. The minimum absolute atomic E-state index is 0.641. The topological polar surface area (TPSA) is 57.6 Å². The molecule has 2 heterocycles. The molecule has 6 nitrogen and oxygen atoms in total. The molecule has 0 aliphatic carbocycles. The van der Waals surface area contributed by atoms with Crippen molar-refractivity contribution in [3.63, 3.8) is 0 Å². The van der Waals surface area contributed by atoms with Crippen LogP contribution in [0.15, 0.2) is 106 Å². The number of nitrogens with one attached hydrogen (secondary N) is 1. The van der Waals surface area contributed by atoms with Gasteiger partial charge in [0.2, 0.25) is 0 Å². The summed E-state index contributed by atoms with van der Waals surface area (Å²) in [7, 11) is 0. The van der Waals surface area contributed by atoms with Crippen LogP contribution in [0.4, 0.5) is 17.1 Å². The first kappa shape index (κ1) is 31.3. The molecule has 0 unspecified atom stereocenters. The van der Waals surface area contributed by atoms with Gasteiger partial charge in [0.25, 0.3) is 0 Å². The highest BCUT2D eigenvalue weighted by Crippen LogP contribution is 2.31. The van der Waals surface area contributed by atoms with E-state index in [4.69, 9.17) is 25.0 Å². The molecule has 0 bridgehead atoms. The first-order chi connectivity index (χ1) is 20.9. The van der Waals surface area contributed by atoms with Crippen molar-refractivity contribution >= 4 is 86.7 Å². The quantitative estimate of drug-likeness (QED) is 0.142. The molecule has 0 aliphatic rings. The van der Waals surface area contributed by atoms with Crippen LogP contribution in [0.25, 0.3) is 36.3 Å². The molecule has 0 atom stereocenters. The number of nitriles is 1. The second-order valence-corrected chi connectivity index (χ2v) is 11.4. The molecule has 0 amide bonds. The number of halogens is 3. The van der Waals surface area contributed by atoms with Crippen molar-refractivity contribution in [3.8, 4) is 6.07 Å². The molecule has 4 aromatic carbocycles. The molecule has 2 aromatic heterocycles. The van der Waals surface area contributed by atoms with E-state index >= 15 is 0 Å². The van der Waals surface area contributed by atoms with Gasteiger partial charge >= 0.3 is 0 Å². The summed E-state index contributed by atoms with van der Waals surface area (Å²) in [6, 6.07) is 28.5. The van der Waals surface area contributed by atoms with Crippen molar-refractivity contribution in [3.05, 3.63) is 157 Å². The number of rotatable bonds is 3. The van der Waals surface area contributed by atoms with Crippen molar-refractivity contribution in [1.82, 2.24) is 9.55 Å². The van der Waals surface area contributed by atoms with Crippen LogP contribution < -0.4 is 0 Å². The van der Waals surface area contributed by atoms with Gasteiger partial charge in [0.05, 0.1) is 31.3 Å². The lowest BCUT2D eigenvalue weighted by Gasteiger charge is -2.06. The summed E-state index contributed by atoms with van der Waals surface area (Å²) in [5, 5.41) is 11.4. The molecule has 1 N–H and O–H groups in total. The summed E-state index contributed by atoms with van der Waals surface area (Å²) in [4.78, 5) is 13.3. The molecule has 0 saturated carbocycles. The Morgan fingerprint density at radius 2 is 1.30 bits per heavy atom. The van der Waals surface area contributed by atoms with Gasteiger partial charge in [-0.1, -0.05) is 64.5 Å². The van der Waals surface area contributed by atoms with Gasteiger partial charge in [0.1, 0.15) is 0 Å². The van der Waals surface area contributed by atoms with Gasteiger partial charge in [-0.25, -0.2) is 14.5 Å². The van der Waals surface area contributed by atoms with E-state index in [1.54, 1.807) is 6.07 Å². The Morgan fingerprint density at radius 1 is 0.721 bits per heavy atom. The molecule has 0 aliphatic heterocycles. The van der Waals surface area contributed by atoms with E-state index in [-0.39, 0.29) is 0 Å². The largest absolute Gasteiger partial charge is 0.360 e. The van der Waals surface area contributed by atoms with Crippen LogP contribution in [0.2, 0.25) is 0 Å². The average molecular weight is 753 g/mol. The highest BCUT2D eigenvalue weighted by atomic mass is 79.9. The number of aromatic amines is 1. The van der Waals surface area contributed by atoms with Crippen molar-refractivity contribution in [2.75, 3.05) is 0 Å². The van der Waals surface area contributed by atoms with Crippen LogP contribution in [-0.4, -0.2) is 9.55 Å².